The molecule has 1 aliphatic carbocycles. The van der Waals surface area contributed by atoms with Crippen LogP contribution >= 0.6 is 0 Å². The standard InChI is InChI=1S/C25H25N5O5/c1-2-34-22-15-17(14-21(30(32)33)23(22)35-13-12-26)16-27-29-24(18-8-4-3-5-9-18)28-20-11-7-6-10-19(20)25(29)31/h6-7,10-11,14-16,18H,2-5,8-9,13H2,1H3. The van der Waals surface area contributed by atoms with E-state index in [1.165, 1.54) is 23.0 Å². The van der Waals surface area contributed by atoms with E-state index in [0.717, 1.165) is 32.1 Å². The maximum Gasteiger partial charge on any atom is 0.315 e. The number of hydrogen-bond acceptors (Lipinski definition) is 8. The summed E-state index contributed by atoms with van der Waals surface area (Å²) in [6.07, 6.45) is 6.50. The number of nitrogens with zero attached hydrogens (tertiary/aromatic N) is 5. The van der Waals surface area contributed by atoms with Crippen LogP contribution in [-0.4, -0.2) is 34.0 Å². The van der Waals surface area contributed by atoms with E-state index >= 15 is 0 Å². The molecule has 0 bridgehead atoms. The molecule has 4 rings (SSSR count). The van der Waals surface area contributed by atoms with Crippen LogP contribution in [0.15, 0.2) is 46.3 Å². The molecule has 0 radical (unpaired) electrons. The van der Waals surface area contributed by atoms with Gasteiger partial charge < -0.3 is 9.47 Å². The van der Waals surface area contributed by atoms with E-state index in [0.29, 0.717) is 22.3 Å². The first-order chi connectivity index (χ1) is 17.0. The van der Waals surface area contributed by atoms with E-state index in [1.54, 1.807) is 25.1 Å². The first-order valence-electron chi connectivity index (χ1n) is 11.5. The molecule has 1 fully saturated rings. The van der Waals surface area contributed by atoms with Gasteiger partial charge in [-0.25, -0.2) is 4.98 Å². The van der Waals surface area contributed by atoms with Crippen LogP contribution in [-0.2, 0) is 0 Å². The van der Waals surface area contributed by atoms with E-state index in [4.69, 9.17) is 19.7 Å². The summed E-state index contributed by atoms with van der Waals surface area (Å²) in [5, 5.41) is 25.4. The van der Waals surface area contributed by atoms with Crippen molar-refractivity contribution in [3.05, 3.63) is 68.3 Å². The zero-order valence-electron chi connectivity index (χ0n) is 19.3. The van der Waals surface area contributed by atoms with Crippen LogP contribution < -0.4 is 15.0 Å². The SMILES string of the molecule is CCOc1cc(C=Nn2c(C3CCCCC3)nc3ccccc3c2=O)cc([N+](=O)[O-])c1OCC#N. The first-order valence-corrected chi connectivity index (χ1v) is 11.5. The maximum atomic E-state index is 13.4. The number of rotatable bonds is 8. The van der Waals surface area contributed by atoms with Crippen LogP contribution in [0.1, 0.15) is 56.3 Å². The van der Waals surface area contributed by atoms with Crippen molar-refractivity contribution in [2.75, 3.05) is 13.2 Å². The van der Waals surface area contributed by atoms with Crippen molar-refractivity contribution in [3.8, 4) is 17.6 Å². The minimum absolute atomic E-state index is 0.105. The van der Waals surface area contributed by atoms with Crippen LogP contribution in [0.5, 0.6) is 11.5 Å². The molecule has 3 aromatic rings. The second kappa shape index (κ2) is 10.8. The van der Waals surface area contributed by atoms with Crippen LogP contribution in [0.4, 0.5) is 5.69 Å². The van der Waals surface area contributed by atoms with Gasteiger partial charge in [0.2, 0.25) is 5.75 Å². The number of benzene rings is 2. The predicted molar refractivity (Wildman–Crippen MR) is 130 cm³/mol. The highest BCUT2D eigenvalue weighted by molar-refractivity contribution is 5.83. The Hall–Kier alpha value is -4.26. The lowest BCUT2D eigenvalue weighted by molar-refractivity contribution is -0.385. The van der Waals surface area contributed by atoms with Crippen molar-refractivity contribution in [2.45, 2.75) is 44.9 Å². The molecule has 0 saturated heterocycles. The molecule has 180 valence electrons. The second-order valence-corrected chi connectivity index (χ2v) is 8.19. The zero-order valence-corrected chi connectivity index (χ0v) is 19.3. The fraction of sp³-hybridized carbons (Fsp3) is 0.360. The Bertz CT molecular complexity index is 1370. The van der Waals surface area contributed by atoms with Gasteiger partial charge in [0.05, 0.1) is 28.6 Å². The van der Waals surface area contributed by atoms with Gasteiger partial charge in [0.15, 0.2) is 12.4 Å². The fourth-order valence-electron chi connectivity index (χ4n) is 4.33. The fourth-order valence-corrected chi connectivity index (χ4v) is 4.33. The van der Waals surface area contributed by atoms with Crippen molar-refractivity contribution in [1.82, 2.24) is 9.66 Å². The Labute approximate surface area is 201 Å². The molecule has 0 atom stereocenters. The molecular formula is C25H25N5O5. The van der Waals surface area contributed by atoms with E-state index in [-0.39, 0.29) is 41.9 Å². The van der Waals surface area contributed by atoms with Gasteiger partial charge in [-0.2, -0.15) is 15.0 Å². The molecule has 1 aromatic heterocycles. The first kappa shape index (κ1) is 23.9. The van der Waals surface area contributed by atoms with Crippen LogP contribution in [0.25, 0.3) is 10.9 Å². The topological polar surface area (TPSA) is 133 Å². The largest absolute Gasteiger partial charge is 0.490 e. The average molecular weight is 476 g/mol. The lowest BCUT2D eigenvalue weighted by atomic mass is 9.88. The summed E-state index contributed by atoms with van der Waals surface area (Å²) in [4.78, 5) is 29.2. The lowest BCUT2D eigenvalue weighted by Crippen LogP contribution is -2.25. The summed E-state index contributed by atoms with van der Waals surface area (Å²) in [7, 11) is 0. The highest BCUT2D eigenvalue weighted by Gasteiger charge is 2.24. The minimum atomic E-state index is -0.607. The Morgan fingerprint density at radius 2 is 2.03 bits per heavy atom. The van der Waals surface area contributed by atoms with Crippen LogP contribution in [0.2, 0.25) is 0 Å². The van der Waals surface area contributed by atoms with Crippen molar-refractivity contribution < 1.29 is 14.4 Å². The predicted octanol–water partition coefficient (Wildman–Crippen LogP) is 4.54. The van der Waals surface area contributed by atoms with Gasteiger partial charge in [0, 0.05) is 17.5 Å². The Kier molecular flexibility index (Phi) is 7.35. The van der Waals surface area contributed by atoms with Gasteiger partial charge in [0.1, 0.15) is 11.9 Å². The summed E-state index contributed by atoms with van der Waals surface area (Å²) in [5.74, 6) is 0.698. The summed E-state index contributed by atoms with van der Waals surface area (Å²) < 4.78 is 12.1. The number of fused-ring (bicyclic) bond motifs is 1. The number of nitro groups is 1. The van der Waals surface area contributed by atoms with Gasteiger partial charge >= 0.3 is 5.69 Å². The lowest BCUT2D eigenvalue weighted by Gasteiger charge is -2.22. The van der Waals surface area contributed by atoms with Gasteiger partial charge in [0.25, 0.3) is 5.56 Å². The third kappa shape index (κ3) is 5.14. The molecule has 35 heavy (non-hydrogen) atoms. The normalized spacial score (nSPS) is 14.2. The van der Waals surface area contributed by atoms with Crippen molar-refractivity contribution >= 4 is 22.8 Å². The van der Waals surface area contributed by atoms with E-state index in [9.17, 15) is 14.9 Å². The highest BCUT2D eigenvalue weighted by atomic mass is 16.6. The molecule has 0 N–H and O–H groups in total. The Morgan fingerprint density at radius 3 is 2.74 bits per heavy atom. The second-order valence-electron chi connectivity index (χ2n) is 8.19. The average Bonchev–Trinajstić information content (AvgIpc) is 2.87. The molecule has 1 aliphatic rings. The smallest absolute Gasteiger partial charge is 0.315 e. The van der Waals surface area contributed by atoms with Crippen molar-refractivity contribution in [3.63, 3.8) is 0 Å². The quantitative estimate of drug-likeness (QED) is 0.265. The highest BCUT2D eigenvalue weighted by Crippen LogP contribution is 2.38. The van der Waals surface area contributed by atoms with Gasteiger partial charge in [-0.3, -0.25) is 14.9 Å². The van der Waals surface area contributed by atoms with Gasteiger partial charge in [-0.15, -0.1) is 0 Å². The van der Waals surface area contributed by atoms with Crippen molar-refractivity contribution in [1.29, 1.82) is 5.26 Å². The maximum absolute atomic E-state index is 13.4. The third-order valence-electron chi connectivity index (χ3n) is 5.91. The van der Waals surface area contributed by atoms with Gasteiger partial charge in [-0.1, -0.05) is 31.4 Å². The van der Waals surface area contributed by atoms with Gasteiger partial charge in [-0.05, 0) is 38.0 Å². The molecular weight excluding hydrogens is 450 g/mol. The number of ether oxygens (including phenoxy) is 2. The minimum Gasteiger partial charge on any atom is -0.490 e. The molecule has 1 saturated carbocycles. The van der Waals surface area contributed by atoms with E-state index < -0.39 is 4.92 Å². The molecule has 0 aliphatic heterocycles. The van der Waals surface area contributed by atoms with E-state index in [1.807, 2.05) is 12.1 Å². The molecule has 2 aromatic carbocycles. The Balaban J connectivity index is 1.83. The molecule has 10 nitrogen and oxygen atoms in total. The number of para-hydroxylation sites is 1. The third-order valence-corrected chi connectivity index (χ3v) is 5.91. The Morgan fingerprint density at radius 1 is 1.26 bits per heavy atom. The number of nitriles is 1. The zero-order chi connectivity index (χ0) is 24.8. The molecule has 10 heteroatoms. The molecule has 1 heterocycles. The number of nitro benzene ring substituents is 1. The summed E-state index contributed by atoms with van der Waals surface area (Å²) in [6, 6.07) is 11.8. The monoisotopic (exact) mass is 475 g/mol. The number of hydrogen-bond donors (Lipinski definition) is 0. The molecule has 0 spiro atoms. The summed E-state index contributed by atoms with van der Waals surface area (Å²) >= 11 is 0. The van der Waals surface area contributed by atoms with Crippen LogP contribution in [0, 0.1) is 21.4 Å². The molecule has 0 unspecified atom stereocenters. The summed E-state index contributed by atoms with van der Waals surface area (Å²) in [5.41, 5.74) is 0.321. The van der Waals surface area contributed by atoms with E-state index in [2.05, 4.69) is 5.10 Å². The number of aromatic nitrogens is 2. The molecule has 0 amide bonds. The summed E-state index contributed by atoms with van der Waals surface area (Å²) in [6.45, 7) is 1.61. The van der Waals surface area contributed by atoms with Crippen LogP contribution in [0.3, 0.4) is 0 Å². The van der Waals surface area contributed by atoms with Crippen molar-refractivity contribution in [2.24, 2.45) is 5.10 Å².